The topological polar surface area (TPSA) is 80.3 Å². The van der Waals surface area contributed by atoms with Crippen LogP contribution in [0.5, 0.6) is 0 Å². The van der Waals surface area contributed by atoms with Crippen molar-refractivity contribution < 1.29 is 33.3 Å². The van der Waals surface area contributed by atoms with Crippen molar-refractivity contribution in [3.05, 3.63) is 0 Å². The molecule has 2 aliphatic rings. The Morgan fingerprint density at radius 1 is 1.00 bits per heavy atom. The number of carbonyl (C=O) groups is 2. The number of fused-ring (bicyclic) bond motifs is 1. The molecule has 2 heterocycles. The Morgan fingerprint density at radius 2 is 1.48 bits per heavy atom. The molecule has 0 aromatic heterocycles. The molecule has 0 aromatic rings. The third kappa shape index (κ3) is 3.53. The summed E-state index contributed by atoms with van der Waals surface area (Å²) in [4.78, 5) is 23.1. The SMILES string of the molecule is CC(=O)O[C@@H]1O[C@@H](OC(=O)C(C)(C)C)[C@@H]2OC(C)(C)O[C@H]12. The molecule has 2 rings (SSSR count). The first kappa shape index (κ1) is 16.2. The normalized spacial score (nSPS) is 34.4. The lowest BCUT2D eigenvalue weighted by molar-refractivity contribution is -0.267. The number of hydrogen-bond acceptors (Lipinski definition) is 7. The molecule has 0 bridgehead atoms. The molecule has 0 radical (unpaired) electrons. The van der Waals surface area contributed by atoms with Gasteiger partial charge in [0.05, 0.1) is 5.41 Å². The van der Waals surface area contributed by atoms with Crippen LogP contribution < -0.4 is 0 Å². The highest BCUT2D eigenvalue weighted by Crippen LogP contribution is 2.40. The van der Waals surface area contributed by atoms with Crippen LogP contribution in [0.1, 0.15) is 41.5 Å². The van der Waals surface area contributed by atoms with E-state index in [2.05, 4.69) is 0 Å². The van der Waals surface area contributed by atoms with E-state index in [0.29, 0.717) is 0 Å². The number of carbonyl (C=O) groups excluding carboxylic acids is 2. The molecule has 0 spiro atoms. The molecular formula is C14H22O7. The average Bonchev–Trinajstić information content (AvgIpc) is 2.73. The summed E-state index contributed by atoms with van der Waals surface area (Å²) >= 11 is 0. The highest BCUT2D eigenvalue weighted by Gasteiger charge is 2.58. The van der Waals surface area contributed by atoms with Crippen LogP contribution in [0.4, 0.5) is 0 Å². The average molecular weight is 302 g/mol. The Kier molecular flexibility index (Phi) is 4.03. The molecule has 0 N–H and O–H groups in total. The lowest BCUT2D eigenvalue weighted by Crippen LogP contribution is -2.36. The minimum Gasteiger partial charge on any atom is -0.433 e. The lowest BCUT2D eigenvalue weighted by atomic mass is 9.97. The van der Waals surface area contributed by atoms with Gasteiger partial charge in [0, 0.05) is 6.92 Å². The zero-order valence-corrected chi connectivity index (χ0v) is 13.2. The second kappa shape index (κ2) is 5.23. The first-order valence-corrected chi connectivity index (χ1v) is 6.89. The summed E-state index contributed by atoms with van der Waals surface area (Å²) in [7, 11) is 0. The van der Waals surface area contributed by atoms with Crippen molar-refractivity contribution in [3.8, 4) is 0 Å². The van der Waals surface area contributed by atoms with E-state index in [0.717, 1.165) is 0 Å². The quantitative estimate of drug-likeness (QED) is 0.712. The second-order valence-corrected chi connectivity index (χ2v) is 6.70. The highest BCUT2D eigenvalue weighted by molar-refractivity contribution is 5.75. The monoisotopic (exact) mass is 302 g/mol. The molecule has 4 atom stereocenters. The predicted molar refractivity (Wildman–Crippen MR) is 69.8 cm³/mol. The van der Waals surface area contributed by atoms with Crippen LogP contribution in [0, 0.1) is 5.41 Å². The van der Waals surface area contributed by atoms with Gasteiger partial charge in [0.1, 0.15) is 0 Å². The van der Waals surface area contributed by atoms with Gasteiger partial charge in [0.25, 0.3) is 0 Å². The zero-order valence-electron chi connectivity index (χ0n) is 13.2. The van der Waals surface area contributed by atoms with Crippen LogP contribution in [0.25, 0.3) is 0 Å². The summed E-state index contributed by atoms with van der Waals surface area (Å²) < 4.78 is 27.2. The van der Waals surface area contributed by atoms with Crippen LogP contribution in [0.3, 0.4) is 0 Å². The fourth-order valence-corrected chi connectivity index (χ4v) is 2.16. The van der Waals surface area contributed by atoms with E-state index in [1.54, 1.807) is 34.6 Å². The van der Waals surface area contributed by atoms with Gasteiger partial charge in [-0.25, -0.2) is 0 Å². The predicted octanol–water partition coefficient (Wildman–Crippen LogP) is 1.34. The molecule has 2 fully saturated rings. The minimum absolute atomic E-state index is 0.428. The van der Waals surface area contributed by atoms with Crippen molar-refractivity contribution in [2.24, 2.45) is 5.41 Å². The van der Waals surface area contributed by atoms with E-state index in [1.165, 1.54) is 6.92 Å². The van der Waals surface area contributed by atoms with Crippen molar-refractivity contribution >= 4 is 11.9 Å². The van der Waals surface area contributed by atoms with Gasteiger partial charge in [-0.05, 0) is 34.6 Å². The minimum atomic E-state index is -0.965. The molecule has 2 saturated heterocycles. The van der Waals surface area contributed by atoms with Gasteiger partial charge in [-0.2, -0.15) is 0 Å². The van der Waals surface area contributed by atoms with Crippen LogP contribution >= 0.6 is 0 Å². The summed E-state index contributed by atoms with van der Waals surface area (Å²) in [6, 6.07) is 0. The molecule has 120 valence electrons. The third-order valence-corrected chi connectivity index (χ3v) is 3.09. The van der Waals surface area contributed by atoms with Crippen LogP contribution in [0.15, 0.2) is 0 Å². The van der Waals surface area contributed by atoms with Crippen LogP contribution in [0.2, 0.25) is 0 Å². The molecule has 0 aliphatic carbocycles. The zero-order chi connectivity index (χ0) is 16.0. The van der Waals surface area contributed by atoms with Crippen molar-refractivity contribution in [3.63, 3.8) is 0 Å². The third-order valence-electron chi connectivity index (χ3n) is 3.09. The second-order valence-electron chi connectivity index (χ2n) is 6.70. The van der Waals surface area contributed by atoms with Gasteiger partial charge in [0.15, 0.2) is 18.0 Å². The Hall–Kier alpha value is -1.18. The van der Waals surface area contributed by atoms with Crippen LogP contribution in [-0.4, -0.2) is 42.5 Å². The van der Waals surface area contributed by atoms with Crippen molar-refractivity contribution in [1.29, 1.82) is 0 Å². The van der Waals surface area contributed by atoms with E-state index in [4.69, 9.17) is 23.7 Å². The van der Waals surface area contributed by atoms with Gasteiger partial charge in [0.2, 0.25) is 12.6 Å². The number of rotatable bonds is 2. The van der Waals surface area contributed by atoms with Gasteiger partial charge in [-0.1, -0.05) is 0 Å². The van der Waals surface area contributed by atoms with Crippen molar-refractivity contribution in [1.82, 2.24) is 0 Å². The number of ether oxygens (including phenoxy) is 5. The highest BCUT2D eigenvalue weighted by atomic mass is 16.9. The summed E-state index contributed by atoms with van der Waals surface area (Å²) in [5.41, 5.74) is -0.673. The fraction of sp³-hybridized carbons (Fsp3) is 0.857. The van der Waals surface area contributed by atoms with E-state index in [-0.39, 0.29) is 0 Å². The van der Waals surface area contributed by atoms with E-state index in [1.807, 2.05) is 0 Å². The van der Waals surface area contributed by atoms with Gasteiger partial charge in [-0.3, -0.25) is 14.3 Å². The molecule has 0 unspecified atom stereocenters. The van der Waals surface area contributed by atoms with Gasteiger partial charge in [-0.15, -0.1) is 0 Å². The van der Waals surface area contributed by atoms with Crippen molar-refractivity contribution in [2.45, 2.75) is 72.1 Å². The molecule has 0 saturated carbocycles. The molecule has 0 aromatic carbocycles. The maximum atomic E-state index is 12.0. The largest absolute Gasteiger partial charge is 0.433 e. The summed E-state index contributed by atoms with van der Waals surface area (Å²) in [5.74, 6) is -1.79. The van der Waals surface area contributed by atoms with Crippen LogP contribution in [-0.2, 0) is 33.3 Å². The maximum Gasteiger partial charge on any atom is 0.313 e. The van der Waals surface area contributed by atoms with Gasteiger partial charge < -0.3 is 18.9 Å². The Morgan fingerprint density at radius 3 is 1.90 bits per heavy atom. The molecule has 21 heavy (non-hydrogen) atoms. The lowest BCUT2D eigenvalue weighted by Gasteiger charge is -2.25. The van der Waals surface area contributed by atoms with E-state index in [9.17, 15) is 9.59 Å². The standard InChI is InChI=1S/C14H22O7/c1-7(15)17-10-8-9(21-14(5,6)20-8)11(18-10)19-12(16)13(2,3)4/h8-11H,1-6H3/t8-,9+,10+,11-/m0/s1. The summed E-state index contributed by atoms with van der Waals surface area (Å²) in [5, 5.41) is 0. The molecule has 0 amide bonds. The smallest absolute Gasteiger partial charge is 0.313 e. The maximum absolute atomic E-state index is 12.0. The summed E-state index contributed by atoms with van der Waals surface area (Å²) in [6.45, 7) is 9.95. The van der Waals surface area contributed by atoms with Crippen molar-refractivity contribution in [2.75, 3.05) is 0 Å². The van der Waals surface area contributed by atoms with E-state index < -0.39 is 47.9 Å². The molecule has 7 heteroatoms. The first-order chi connectivity index (χ1) is 9.49. The first-order valence-electron chi connectivity index (χ1n) is 6.89. The fourth-order valence-electron chi connectivity index (χ4n) is 2.16. The number of esters is 2. The Labute approximate surface area is 123 Å². The Balaban J connectivity index is 2.12. The Bertz CT molecular complexity index is 437. The molecular weight excluding hydrogens is 280 g/mol. The van der Waals surface area contributed by atoms with Gasteiger partial charge >= 0.3 is 11.9 Å². The molecule has 7 nitrogen and oxygen atoms in total. The summed E-state index contributed by atoms with van der Waals surface area (Å²) in [6.07, 6.45) is -3.17. The molecule has 2 aliphatic heterocycles. The van der Waals surface area contributed by atoms with E-state index >= 15 is 0 Å². The number of hydrogen-bond donors (Lipinski definition) is 0.